The van der Waals surface area contributed by atoms with Crippen LogP contribution in [0, 0.1) is 5.92 Å². The lowest BCUT2D eigenvalue weighted by Crippen LogP contribution is -2.27. The molecule has 0 amide bonds. The van der Waals surface area contributed by atoms with Gasteiger partial charge in [-0.25, -0.2) is 0 Å². The molecule has 3 nitrogen and oxygen atoms in total. The van der Waals surface area contributed by atoms with Gasteiger partial charge in [0.05, 0.1) is 17.6 Å². The Labute approximate surface area is 101 Å². The molecule has 0 bridgehead atoms. The summed E-state index contributed by atoms with van der Waals surface area (Å²) in [7, 11) is 0. The van der Waals surface area contributed by atoms with E-state index in [1.807, 2.05) is 0 Å². The van der Waals surface area contributed by atoms with Gasteiger partial charge in [-0.15, -0.1) is 0 Å². The fourth-order valence-corrected chi connectivity index (χ4v) is 2.22. The minimum atomic E-state index is -4.50. The summed E-state index contributed by atoms with van der Waals surface area (Å²) in [4.78, 5) is 10.9. The number of carbonyl (C=O) groups is 1. The van der Waals surface area contributed by atoms with E-state index in [1.165, 1.54) is 6.07 Å². The number of rotatable bonds is 1. The van der Waals surface area contributed by atoms with Crippen LogP contribution in [0.2, 0.25) is 0 Å². The van der Waals surface area contributed by atoms with E-state index in [4.69, 9.17) is 5.11 Å². The summed E-state index contributed by atoms with van der Waals surface area (Å²) in [6.45, 7) is 0. The molecular weight excluding hydrogens is 249 g/mol. The van der Waals surface area contributed by atoms with Crippen molar-refractivity contribution in [3.05, 3.63) is 34.9 Å². The van der Waals surface area contributed by atoms with Crippen molar-refractivity contribution in [2.24, 2.45) is 5.92 Å². The molecule has 0 aliphatic heterocycles. The Morgan fingerprint density at radius 2 is 2.00 bits per heavy atom. The molecule has 2 atom stereocenters. The molecule has 2 rings (SSSR count). The highest BCUT2D eigenvalue weighted by Gasteiger charge is 2.36. The molecule has 1 aromatic rings. The maximum absolute atomic E-state index is 12.5. The lowest BCUT2D eigenvalue weighted by molar-refractivity contribution is -0.146. The second-order valence-corrected chi connectivity index (χ2v) is 4.34. The number of alkyl halides is 3. The number of fused-ring (bicyclic) bond motifs is 1. The van der Waals surface area contributed by atoms with Crippen LogP contribution < -0.4 is 0 Å². The molecule has 18 heavy (non-hydrogen) atoms. The average molecular weight is 260 g/mol. The summed E-state index contributed by atoms with van der Waals surface area (Å²) in [6.07, 6.45) is -5.28. The number of carboxylic acids is 1. The van der Waals surface area contributed by atoms with Crippen LogP contribution in [0.25, 0.3) is 0 Å². The molecule has 0 radical (unpaired) electrons. The molecule has 1 aliphatic carbocycles. The number of aliphatic hydroxyl groups excluding tert-OH is 1. The molecule has 98 valence electrons. The molecule has 0 spiro atoms. The molecular formula is C12H11F3O3. The summed E-state index contributed by atoms with van der Waals surface area (Å²) in [5.41, 5.74) is -0.220. The number of aliphatic hydroxyl groups is 1. The van der Waals surface area contributed by atoms with Gasteiger partial charge in [0.2, 0.25) is 0 Å². The Morgan fingerprint density at radius 3 is 2.56 bits per heavy atom. The van der Waals surface area contributed by atoms with Crippen LogP contribution in [0.5, 0.6) is 0 Å². The van der Waals surface area contributed by atoms with Crippen LogP contribution >= 0.6 is 0 Å². The first-order valence-electron chi connectivity index (χ1n) is 5.41. The minimum Gasteiger partial charge on any atom is -0.481 e. The Kier molecular flexibility index (Phi) is 3.06. The monoisotopic (exact) mass is 260 g/mol. The summed E-state index contributed by atoms with van der Waals surface area (Å²) in [5, 5.41) is 18.7. The number of hydrogen-bond acceptors (Lipinski definition) is 2. The number of benzene rings is 1. The van der Waals surface area contributed by atoms with Gasteiger partial charge in [-0.3, -0.25) is 4.79 Å². The third-order valence-corrected chi connectivity index (χ3v) is 3.21. The van der Waals surface area contributed by atoms with Crippen LogP contribution in [0.3, 0.4) is 0 Å². The predicted octanol–water partition coefficient (Wildman–Crippen LogP) is 2.39. The van der Waals surface area contributed by atoms with Gasteiger partial charge in [0, 0.05) is 0 Å². The molecule has 1 aromatic carbocycles. The molecule has 0 aromatic heterocycles. The Bertz CT molecular complexity index is 482. The Hall–Kier alpha value is -1.56. The van der Waals surface area contributed by atoms with Gasteiger partial charge in [0.25, 0.3) is 0 Å². The van der Waals surface area contributed by atoms with Gasteiger partial charge in [-0.2, -0.15) is 13.2 Å². The van der Waals surface area contributed by atoms with E-state index < -0.39 is 29.7 Å². The normalized spacial score (nSPS) is 23.6. The highest BCUT2D eigenvalue weighted by molar-refractivity contribution is 5.71. The van der Waals surface area contributed by atoms with Crippen molar-refractivity contribution in [3.8, 4) is 0 Å². The predicted molar refractivity (Wildman–Crippen MR) is 55.9 cm³/mol. The third kappa shape index (κ3) is 2.20. The van der Waals surface area contributed by atoms with Gasteiger partial charge in [0.1, 0.15) is 0 Å². The van der Waals surface area contributed by atoms with Crippen LogP contribution in [0.4, 0.5) is 13.2 Å². The molecule has 2 unspecified atom stereocenters. The number of aliphatic carboxylic acids is 1. The largest absolute Gasteiger partial charge is 0.481 e. The molecule has 0 fully saturated rings. The fraction of sp³-hybridized carbons (Fsp3) is 0.417. The van der Waals surface area contributed by atoms with E-state index in [2.05, 4.69) is 0 Å². The zero-order chi connectivity index (χ0) is 13.5. The summed E-state index contributed by atoms with van der Waals surface area (Å²) in [5.74, 6) is -2.23. The maximum atomic E-state index is 12.5. The van der Waals surface area contributed by atoms with E-state index in [1.54, 1.807) is 0 Å². The molecule has 0 saturated carbocycles. The number of carboxylic acid groups (broad SMARTS) is 1. The van der Waals surface area contributed by atoms with Crippen LogP contribution in [0.15, 0.2) is 18.2 Å². The zero-order valence-electron chi connectivity index (χ0n) is 9.24. The number of halogens is 3. The van der Waals surface area contributed by atoms with Crippen molar-refractivity contribution in [1.29, 1.82) is 0 Å². The Morgan fingerprint density at radius 1 is 1.33 bits per heavy atom. The van der Waals surface area contributed by atoms with Crippen LogP contribution in [-0.4, -0.2) is 16.2 Å². The molecule has 0 saturated heterocycles. The van der Waals surface area contributed by atoms with Crippen LogP contribution in [0.1, 0.15) is 29.2 Å². The third-order valence-electron chi connectivity index (χ3n) is 3.21. The van der Waals surface area contributed by atoms with Crippen molar-refractivity contribution in [2.45, 2.75) is 25.1 Å². The van der Waals surface area contributed by atoms with Gasteiger partial charge < -0.3 is 10.2 Å². The standard InChI is InChI=1S/C12H11F3O3/c13-12(14,15)7-3-1-6-2-4-8(11(17)18)10(16)9(6)5-7/h1,3,5,8,10,16H,2,4H2,(H,17,18). The summed E-state index contributed by atoms with van der Waals surface area (Å²) in [6, 6.07) is 3.10. The first-order chi connectivity index (χ1) is 8.30. The van der Waals surface area contributed by atoms with E-state index in [0.717, 1.165) is 12.1 Å². The fourth-order valence-electron chi connectivity index (χ4n) is 2.22. The van der Waals surface area contributed by atoms with Crippen molar-refractivity contribution >= 4 is 5.97 Å². The molecule has 2 N–H and O–H groups in total. The van der Waals surface area contributed by atoms with Gasteiger partial charge in [-0.1, -0.05) is 6.07 Å². The first kappa shape index (κ1) is 12.9. The van der Waals surface area contributed by atoms with Crippen molar-refractivity contribution in [2.75, 3.05) is 0 Å². The van der Waals surface area contributed by atoms with Gasteiger partial charge >= 0.3 is 12.1 Å². The molecule has 1 aliphatic rings. The van der Waals surface area contributed by atoms with Crippen molar-refractivity contribution in [3.63, 3.8) is 0 Å². The van der Waals surface area contributed by atoms with E-state index in [9.17, 15) is 23.1 Å². The Balaban J connectivity index is 2.43. The average Bonchev–Trinajstić information content (AvgIpc) is 2.27. The van der Waals surface area contributed by atoms with E-state index in [-0.39, 0.29) is 12.0 Å². The quantitative estimate of drug-likeness (QED) is 0.815. The van der Waals surface area contributed by atoms with Gasteiger partial charge in [0.15, 0.2) is 0 Å². The lowest BCUT2D eigenvalue weighted by atomic mass is 9.81. The summed E-state index contributed by atoms with van der Waals surface area (Å²) >= 11 is 0. The minimum absolute atomic E-state index is 0.0727. The van der Waals surface area contributed by atoms with Gasteiger partial charge in [-0.05, 0) is 36.1 Å². The van der Waals surface area contributed by atoms with Crippen molar-refractivity contribution < 1.29 is 28.2 Å². The number of aryl methyl sites for hydroxylation is 1. The second kappa shape index (κ2) is 4.28. The molecule has 6 heteroatoms. The molecule has 0 heterocycles. The zero-order valence-corrected chi connectivity index (χ0v) is 9.24. The maximum Gasteiger partial charge on any atom is 0.416 e. The smallest absolute Gasteiger partial charge is 0.416 e. The second-order valence-electron chi connectivity index (χ2n) is 4.34. The highest BCUT2D eigenvalue weighted by atomic mass is 19.4. The SMILES string of the molecule is O=C(O)C1CCc2ccc(C(F)(F)F)cc2C1O. The number of hydrogen-bond donors (Lipinski definition) is 2. The van der Waals surface area contributed by atoms with Crippen molar-refractivity contribution in [1.82, 2.24) is 0 Å². The van der Waals surface area contributed by atoms with Crippen LogP contribution in [-0.2, 0) is 17.4 Å². The summed E-state index contributed by atoms with van der Waals surface area (Å²) < 4.78 is 37.6. The highest BCUT2D eigenvalue weighted by Crippen LogP contribution is 2.38. The first-order valence-corrected chi connectivity index (χ1v) is 5.41. The topological polar surface area (TPSA) is 57.5 Å². The lowest BCUT2D eigenvalue weighted by Gasteiger charge is -2.27. The van der Waals surface area contributed by atoms with E-state index in [0.29, 0.717) is 12.0 Å². The van der Waals surface area contributed by atoms with E-state index >= 15 is 0 Å².